The molecule has 4 nitrogen and oxygen atoms in total. The molecule has 0 aliphatic rings. The molecule has 0 fully saturated rings. The van der Waals surface area contributed by atoms with Crippen molar-refractivity contribution in [1.82, 2.24) is 0 Å². The molecule has 0 aromatic carbocycles. The highest BCUT2D eigenvalue weighted by atomic mass is 32.2. The molecule has 2 unspecified atom stereocenters. The molecule has 148 valence electrons. The number of hydrogen-bond donors (Lipinski definition) is 0. The Bertz CT molecular complexity index is 415. The van der Waals surface area contributed by atoms with Gasteiger partial charge in [0.15, 0.2) is 0 Å². The fourth-order valence-electron chi connectivity index (χ4n) is 2.71. The molecule has 0 saturated heterocycles. The van der Waals surface area contributed by atoms with Gasteiger partial charge < -0.3 is 0 Å². The molecule has 0 aliphatic carbocycles. The third-order valence-corrected chi connectivity index (χ3v) is 4.51. The summed E-state index contributed by atoms with van der Waals surface area (Å²) in [5.41, 5.74) is -0.333. The Kier molecular flexibility index (Phi) is 8.80. The average molecular weight is 371 g/mol. The second-order valence-electron chi connectivity index (χ2n) is 10.4. The van der Waals surface area contributed by atoms with Gasteiger partial charge in [0.2, 0.25) is 0 Å². The number of hydrogen-bond acceptors (Lipinski definition) is 5. The zero-order valence-corrected chi connectivity index (χ0v) is 19.6. The largest absolute Gasteiger partial charge is 0.187 e. The predicted octanol–water partition coefficient (Wildman–Crippen LogP) is 7.75. The number of rotatable bonds is 8. The lowest BCUT2D eigenvalue weighted by Crippen LogP contribution is -2.31. The topological polar surface area (TPSA) is 49.4 Å². The van der Waals surface area contributed by atoms with Crippen LogP contribution in [-0.2, 0) is 0 Å². The van der Waals surface area contributed by atoms with Gasteiger partial charge in [-0.1, -0.05) is 39.5 Å². The van der Waals surface area contributed by atoms with Crippen LogP contribution in [0.25, 0.3) is 0 Å². The van der Waals surface area contributed by atoms with Crippen LogP contribution in [0.1, 0.15) is 95.9 Å². The van der Waals surface area contributed by atoms with Crippen molar-refractivity contribution >= 4 is 11.8 Å². The monoisotopic (exact) mass is 370 g/mol. The van der Waals surface area contributed by atoms with E-state index < -0.39 is 0 Å². The Morgan fingerprint density at radius 2 is 0.840 bits per heavy atom. The molecule has 5 heteroatoms. The summed E-state index contributed by atoms with van der Waals surface area (Å²) in [6.45, 7) is 25.9. The quantitative estimate of drug-likeness (QED) is 0.403. The SMILES string of the molecule is CC(C)CC(C)(/N=N/C(C)(C)C)SC(C)(CC(C)C)/N=N/C(C)(C)C. The van der Waals surface area contributed by atoms with Crippen molar-refractivity contribution in [3.8, 4) is 0 Å². The first-order valence-corrected chi connectivity index (χ1v) is 10.4. The first kappa shape index (κ1) is 24.6. The molecular weight excluding hydrogens is 328 g/mol. The molecular formula is C20H42N4S. The number of thioether (sulfide) groups is 1. The van der Waals surface area contributed by atoms with Crippen LogP contribution in [0.3, 0.4) is 0 Å². The average Bonchev–Trinajstić information content (AvgIpc) is 2.30. The van der Waals surface area contributed by atoms with E-state index >= 15 is 0 Å². The van der Waals surface area contributed by atoms with Crippen LogP contribution in [0.4, 0.5) is 0 Å². The van der Waals surface area contributed by atoms with E-state index in [0.29, 0.717) is 11.8 Å². The Morgan fingerprint density at radius 3 is 1.04 bits per heavy atom. The lowest BCUT2D eigenvalue weighted by molar-refractivity contribution is 0.414. The van der Waals surface area contributed by atoms with Gasteiger partial charge in [-0.15, -0.1) is 0 Å². The van der Waals surface area contributed by atoms with Crippen LogP contribution in [0, 0.1) is 11.8 Å². The normalized spacial score (nSPS) is 19.1. The van der Waals surface area contributed by atoms with Gasteiger partial charge in [0.05, 0.1) is 11.1 Å². The molecule has 0 spiro atoms. The molecule has 0 aromatic rings. The molecule has 0 heterocycles. The summed E-state index contributed by atoms with van der Waals surface area (Å²) in [6, 6.07) is 0. The van der Waals surface area contributed by atoms with Crippen LogP contribution < -0.4 is 0 Å². The minimum Gasteiger partial charge on any atom is -0.187 e. The molecule has 0 saturated carbocycles. The molecule has 0 aromatic heterocycles. The highest BCUT2D eigenvalue weighted by Gasteiger charge is 2.38. The summed E-state index contributed by atoms with van der Waals surface area (Å²) < 4.78 is 0. The molecule has 0 N–H and O–H groups in total. The zero-order chi connectivity index (χ0) is 20.1. The summed E-state index contributed by atoms with van der Waals surface area (Å²) in [7, 11) is 0. The smallest absolute Gasteiger partial charge is 0.126 e. The van der Waals surface area contributed by atoms with Gasteiger partial charge in [-0.2, -0.15) is 20.5 Å². The molecule has 0 bridgehead atoms. The summed E-state index contributed by atoms with van der Waals surface area (Å²) in [5, 5.41) is 18.8. The fourth-order valence-corrected chi connectivity index (χ4v) is 4.65. The van der Waals surface area contributed by atoms with Crippen LogP contribution >= 0.6 is 11.8 Å². The zero-order valence-electron chi connectivity index (χ0n) is 18.8. The summed E-state index contributed by atoms with van der Waals surface area (Å²) in [4.78, 5) is -0.607. The summed E-state index contributed by atoms with van der Waals surface area (Å²) in [6.07, 6.45) is 1.94. The van der Waals surface area contributed by atoms with E-state index in [0.717, 1.165) is 12.8 Å². The first-order chi connectivity index (χ1) is 11.0. The number of azo groups is 2. The first-order valence-electron chi connectivity index (χ1n) is 9.54. The van der Waals surface area contributed by atoms with Gasteiger partial charge in [0, 0.05) is 0 Å². The van der Waals surface area contributed by atoms with Crippen LogP contribution in [0.15, 0.2) is 20.5 Å². The maximum absolute atomic E-state index is 4.79. The third kappa shape index (κ3) is 12.5. The van der Waals surface area contributed by atoms with Crippen molar-refractivity contribution in [1.29, 1.82) is 0 Å². The minimum atomic E-state index is -0.304. The van der Waals surface area contributed by atoms with Crippen molar-refractivity contribution in [3.63, 3.8) is 0 Å². The van der Waals surface area contributed by atoms with Gasteiger partial charge in [0.25, 0.3) is 0 Å². The Hall–Kier alpha value is -0.450. The summed E-state index contributed by atoms with van der Waals surface area (Å²) in [5.74, 6) is 1.08. The lowest BCUT2D eigenvalue weighted by Gasteiger charge is -2.35. The minimum absolute atomic E-state index is 0.166. The van der Waals surface area contributed by atoms with E-state index in [9.17, 15) is 0 Å². The molecule has 2 atom stereocenters. The second-order valence-corrected chi connectivity index (χ2v) is 12.4. The molecule has 0 aliphatic heterocycles. The maximum atomic E-state index is 4.79. The summed E-state index contributed by atoms with van der Waals surface area (Å²) >= 11 is 1.81. The van der Waals surface area contributed by atoms with Crippen molar-refractivity contribution in [2.24, 2.45) is 32.3 Å². The van der Waals surface area contributed by atoms with E-state index in [1.165, 1.54) is 0 Å². The second kappa shape index (κ2) is 8.96. The van der Waals surface area contributed by atoms with Crippen molar-refractivity contribution in [2.45, 2.75) is 117 Å². The molecule has 0 rings (SSSR count). The highest BCUT2D eigenvalue weighted by molar-refractivity contribution is 8.01. The van der Waals surface area contributed by atoms with Crippen molar-refractivity contribution < 1.29 is 0 Å². The van der Waals surface area contributed by atoms with E-state index in [2.05, 4.69) is 93.3 Å². The van der Waals surface area contributed by atoms with E-state index in [4.69, 9.17) is 10.2 Å². The van der Waals surface area contributed by atoms with E-state index in [1.807, 2.05) is 11.8 Å². The molecule has 25 heavy (non-hydrogen) atoms. The number of nitrogens with zero attached hydrogens (tertiary/aromatic N) is 4. The Labute approximate surface area is 161 Å². The van der Waals surface area contributed by atoms with Crippen LogP contribution in [0.2, 0.25) is 0 Å². The highest BCUT2D eigenvalue weighted by Crippen LogP contribution is 2.46. The third-order valence-electron chi connectivity index (χ3n) is 3.14. The van der Waals surface area contributed by atoms with Crippen LogP contribution in [-0.4, -0.2) is 20.8 Å². The van der Waals surface area contributed by atoms with Gasteiger partial charge in [0.1, 0.15) is 9.74 Å². The van der Waals surface area contributed by atoms with Crippen molar-refractivity contribution in [2.75, 3.05) is 0 Å². The Morgan fingerprint density at radius 1 is 0.560 bits per heavy atom. The van der Waals surface area contributed by atoms with Gasteiger partial charge >= 0.3 is 0 Å². The molecule has 0 radical (unpaired) electrons. The van der Waals surface area contributed by atoms with Crippen molar-refractivity contribution in [3.05, 3.63) is 0 Å². The van der Waals surface area contributed by atoms with Gasteiger partial charge in [-0.25, -0.2) is 0 Å². The van der Waals surface area contributed by atoms with Gasteiger partial charge in [-0.3, -0.25) is 0 Å². The van der Waals surface area contributed by atoms with E-state index in [-0.39, 0.29) is 20.8 Å². The van der Waals surface area contributed by atoms with Gasteiger partial charge in [-0.05, 0) is 80.1 Å². The standard InChI is InChI=1S/C20H42N4S/c1-15(2)13-19(11,23-21-17(5,6)7)25-20(12,14-16(3)4)24-22-18(8,9)10/h15-16H,13-14H2,1-12H3/b23-21+,24-22+. The Balaban J connectivity index is 5.73. The fraction of sp³-hybridized carbons (Fsp3) is 1.00. The van der Waals surface area contributed by atoms with E-state index in [1.54, 1.807) is 0 Å². The van der Waals surface area contributed by atoms with Crippen LogP contribution in [0.5, 0.6) is 0 Å². The molecule has 0 amide bonds. The maximum Gasteiger partial charge on any atom is 0.126 e. The predicted molar refractivity (Wildman–Crippen MR) is 113 cm³/mol. The lowest BCUT2D eigenvalue weighted by atomic mass is 10.0.